The molecule has 0 radical (unpaired) electrons. The summed E-state index contributed by atoms with van der Waals surface area (Å²) >= 11 is 1.71. The molecule has 21 heavy (non-hydrogen) atoms. The van der Waals surface area contributed by atoms with Gasteiger partial charge in [0.2, 0.25) is 5.91 Å². The van der Waals surface area contributed by atoms with E-state index in [4.69, 9.17) is 5.73 Å². The predicted molar refractivity (Wildman–Crippen MR) is 88.5 cm³/mol. The van der Waals surface area contributed by atoms with E-state index >= 15 is 0 Å². The smallest absolute Gasteiger partial charge is 0.237 e. The molecule has 3 N–H and O–H groups in total. The van der Waals surface area contributed by atoms with Crippen LogP contribution < -0.4 is 11.1 Å². The fourth-order valence-electron chi connectivity index (χ4n) is 2.15. The zero-order valence-corrected chi connectivity index (χ0v) is 13.3. The van der Waals surface area contributed by atoms with Gasteiger partial charge in [0, 0.05) is 16.8 Å². The molecule has 0 bridgehead atoms. The second-order valence-corrected chi connectivity index (χ2v) is 6.82. The molecule has 0 saturated heterocycles. The number of thiophene rings is 1. The van der Waals surface area contributed by atoms with Crippen molar-refractivity contribution < 1.29 is 4.79 Å². The highest BCUT2D eigenvalue weighted by molar-refractivity contribution is 7.10. The molecule has 112 valence electrons. The summed E-state index contributed by atoms with van der Waals surface area (Å²) in [7, 11) is 0. The Labute approximate surface area is 130 Å². The second kappa shape index (κ2) is 6.87. The fraction of sp³-hybridized carbons (Fsp3) is 0.353. The third-order valence-electron chi connectivity index (χ3n) is 3.53. The Hall–Kier alpha value is -1.65. The standard InChI is InChI=1S/C17H22N2OS/c1-17(2,15-9-6-10-21-15)12-19-16(20)14(18)11-13-7-4-3-5-8-13/h3-10,14H,11-12,18H2,1-2H3,(H,19,20)/t14-/m0/s1. The summed E-state index contributed by atoms with van der Waals surface area (Å²) < 4.78 is 0. The number of nitrogens with two attached hydrogens (primary N) is 1. The van der Waals surface area contributed by atoms with Crippen molar-refractivity contribution in [2.45, 2.75) is 31.7 Å². The van der Waals surface area contributed by atoms with Gasteiger partial charge in [0.1, 0.15) is 0 Å². The molecule has 1 amide bonds. The van der Waals surface area contributed by atoms with E-state index < -0.39 is 6.04 Å². The molecule has 2 rings (SSSR count). The Morgan fingerprint density at radius 2 is 1.95 bits per heavy atom. The maximum absolute atomic E-state index is 12.1. The van der Waals surface area contributed by atoms with Gasteiger partial charge in [-0.3, -0.25) is 4.79 Å². The highest BCUT2D eigenvalue weighted by Gasteiger charge is 2.23. The van der Waals surface area contributed by atoms with E-state index in [1.807, 2.05) is 36.4 Å². The summed E-state index contributed by atoms with van der Waals surface area (Å²) in [4.78, 5) is 13.4. The van der Waals surface area contributed by atoms with Crippen LogP contribution in [0.1, 0.15) is 24.3 Å². The SMILES string of the molecule is CC(C)(CNC(=O)[C@@H](N)Cc1ccccc1)c1cccs1. The van der Waals surface area contributed by atoms with Crippen LogP contribution in [0.15, 0.2) is 47.8 Å². The molecule has 0 spiro atoms. The number of benzene rings is 1. The molecule has 1 aromatic carbocycles. The predicted octanol–water partition coefficient (Wildman–Crippen LogP) is 2.71. The summed E-state index contributed by atoms with van der Waals surface area (Å²) in [5.41, 5.74) is 7.00. The summed E-state index contributed by atoms with van der Waals surface area (Å²) in [5, 5.41) is 5.03. The Morgan fingerprint density at radius 3 is 2.57 bits per heavy atom. The molecule has 0 aliphatic carbocycles. The molecule has 0 fully saturated rings. The maximum atomic E-state index is 12.1. The minimum Gasteiger partial charge on any atom is -0.354 e. The lowest BCUT2D eigenvalue weighted by molar-refractivity contribution is -0.122. The molecule has 1 aromatic heterocycles. The molecular weight excluding hydrogens is 280 g/mol. The minimum absolute atomic E-state index is 0.0731. The average molecular weight is 302 g/mol. The van der Waals surface area contributed by atoms with Crippen molar-refractivity contribution in [2.75, 3.05) is 6.54 Å². The van der Waals surface area contributed by atoms with Crippen molar-refractivity contribution in [1.29, 1.82) is 0 Å². The van der Waals surface area contributed by atoms with Gasteiger partial charge in [0.25, 0.3) is 0 Å². The zero-order valence-electron chi connectivity index (χ0n) is 12.5. The number of amides is 1. The summed E-state index contributed by atoms with van der Waals surface area (Å²) in [6.07, 6.45) is 0.562. The van der Waals surface area contributed by atoms with Crippen molar-refractivity contribution >= 4 is 17.2 Å². The summed E-state index contributed by atoms with van der Waals surface area (Å²) in [6, 6.07) is 13.5. The van der Waals surface area contributed by atoms with E-state index in [-0.39, 0.29) is 11.3 Å². The summed E-state index contributed by atoms with van der Waals surface area (Å²) in [6.45, 7) is 4.85. The first-order valence-electron chi connectivity index (χ1n) is 7.10. The lowest BCUT2D eigenvalue weighted by Crippen LogP contribution is -2.46. The lowest BCUT2D eigenvalue weighted by Gasteiger charge is -2.24. The van der Waals surface area contributed by atoms with E-state index in [1.165, 1.54) is 4.88 Å². The van der Waals surface area contributed by atoms with Gasteiger partial charge in [0.15, 0.2) is 0 Å². The number of hydrogen-bond donors (Lipinski definition) is 2. The topological polar surface area (TPSA) is 55.1 Å². The van der Waals surface area contributed by atoms with E-state index in [0.717, 1.165) is 5.56 Å². The van der Waals surface area contributed by atoms with Gasteiger partial charge in [-0.1, -0.05) is 50.2 Å². The number of hydrogen-bond acceptors (Lipinski definition) is 3. The van der Waals surface area contributed by atoms with Crippen LogP contribution in [0.3, 0.4) is 0 Å². The summed E-state index contributed by atoms with van der Waals surface area (Å²) in [5.74, 6) is -0.0940. The maximum Gasteiger partial charge on any atom is 0.237 e. The minimum atomic E-state index is -0.508. The average Bonchev–Trinajstić information content (AvgIpc) is 3.01. The van der Waals surface area contributed by atoms with Crippen molar-refractivity contribution in [3.05, 3.63) is 58.3 Å². The second-order valence-electron chi connectivity index (χ2n) is 5.88. The first-order chi connectivity index (χ1) is 9.99. The Bertz CT molecular complexity index is 564. The van der Waals surface area contributed by atoms with Crippen molar-refractivity contribution in [3.63, 3.8) is 0 Å². The molecule has 4 heteroatoms. The molecule has 0 saturated carbocycles. The van der Waals surface area contributed by atoms with Crippen molar-refractivity contribution in [2.24, 2.45) is 5.73 Å². The fourth-order valence-corrected chi connectivity index (χ4v) is 3.00. The molecule has 0 aliphatic heterocycles. The van der Waals surface area contributed by atoms with Crippen LogP contribution in [0.2, 0.25) is 0 Å². The zero-order chi connectivity index (χ0) is 15.3. The van der Waals surface area contributed by atoms with Gasteiger partial charge in [0.05, 0.1) is 6.04 Å². The Balaban J connectivity index is 1.87. The van der Waals surface area contributed by atoms with Gasteiger partial charge >= 0.3 is 0 Å². The molecular formula is C17H22N2OS. The van der Waals surface area contributed by atoms with Crippen LogP contribution in [0.4, 0.5) is 0 Å². The molecule has 3 nitrogen and oxygen atoms in total. The first kappa shape index (κ1) is 15.7. The number of carbonyl (C=O) groups excluding carboxylic acids is 1. The van der Waals surface area contributed by atoms with Gasteiger partial charge in [-0.15, -0.1) is 11.3 Å². The molecule has 2 aromatic rings. The van der Waals surface area contributed by atoms with E-state index in [1.54, 1.807) is 11.3 Å². The van der Waals surface area contributed by atoms with Gasteiger partial charge in [-0.2, -0.15) is 0 Å². The Morgan fingerprint density at radius 1 is 1.24 bits per heavy atom. The molecule has 1 atom stereocenters. The first-order valence-corrected chi connectivity index (χ1v) is 7.98. The van der Waals surface area contributed by atoms with Crippen molar-refractivity contribution in [1.82, 2.24) is 5.32 Å². The largest absolute Gasteiger partial charge is 0.354 e. The third kappa shape index (κ3) is 4.41. The molecule has 0 aliphatic rings. The Kier molecular flexibility index (Phi) is 5.15. The number of rotatable bonds is 6. The quantitative estimate of drug-likeness (QED) is 0.862. The van der Waals surface area contributed by atoms with Gasteiger partial charge in [-0.05, 0) is 23.4 Å². The van der Waals surface area contributed by atoms with Crippen molar-refractivity contribution in [3.8, 4) is 0 Å². The van der Waals surface area contributed by atoms with Crippen LogP contribution in [-0.2, 0) is 16.6 Å². The highest BCUT2D eigenvalue weighted by Crippen LogP contribution is 2.26. The van der Waals surface area contributed by atoms with E-state index in [0.29, 0.717) is 13.0 Å². The van der Waals surface area contributed by atoms with Crippen LogP contribution >= 0.6 is 11.3 Å². The lowest BCUT2D eigenvalue weighted by atomic mass is 9.91. The molecule has 1 heterocycles. The normalized spacial score (nSPS) is 12.9. The monoisotopic (exact) mass is 302 g/mol. The molecule has 0 unspecified atom stereocenters. The van der Waals surface area contributed by atoms with E-state index in [9.17, 15) is 4.79 Å². The third-order valence-corrected chi connectivity index (χ3v) is 4.76. The van der Waals surface area contributed by atoms with E-state index in [2.05, 4.69) is 30.6 Å². The van der Waals surface area contributed by atoms with Gasteiger partial charge in [-0.25, -0.2) is 0 Å². The van der Waals surface area contributed by atoms with Crippen LogP contribution in [0, 0.1) is 0 Å². The van der Waals surface area contributed by atoms with Crippen LogP contribution in [-0.4, -0.2) is 18.5 Å². The van der Waals surface area contributed by atoms with Crippen LogP contribution in [0.5, 0.6) is 0 Å². The van der Waals surface area contributed by atoms with Crippen LogP contribution in [0.25, 0.3) is 0 Å². The van der Waals surface area contributed by atoms with Gasteiger partial charge < -0.3 is 11.1 Å². The number of carbonyl (C=O) groups is 1. The number of nitrogens with one attached hydrogen (secondary N) is 1. The highest BCUT2D eigenvalue weighted by atomic mass is 32.1.